The van der Waals surface area contributed by atoms with Crippen LogP contribution < -0.4 is 4.57 Å². The van der Waals surface area contributed by atoms with Crippen molar-refractivity contribution >= 4 is 33.8 Å². The number of fused-ring (bicyclic) bond motifs is 3. The molecule has 0 aliphatic rings. The second-order valence-corrected chi connectivity index (χ2v) is 11.7. The summed E-state index contributed by atoms with van der Waals surface area (Å²) in [5.41, 5.74) is 5.75. The average molecular weight is 582 g/mol. The molecule has 4 heteroatoms. The van der Waals surface area contributed by atoms with E-state index in [1.807, 2.05) is 79.7 Å². The second kappa shape index (κ2) is 9.93. The summed E-state index contributed by atoms with van der Waals surface area (Å²) in [5.74, 6) is -4.23. The molecule has 0 spiro atoms. The van der Waals surface area contributed by atoms with Gasteiger partial charge in [-0.05, 0) is 0 Å². The fraction of sp³-hybridized carbons (Fsp3) is 0.143. The van der Waals surface area contributed by atoms with Gasteiger partial charge >= 0.3 is 244 Å². The molecule has 39 heavy (non-hydrogen) atoms. The van der Waals surface area contributed by atoms with E-state index in [1.165, 1.54) is 4.57 Å². The van der Waals surface area contributed by atoms with Crippen molar-refractivity contribution < 1.29 is 18.6 Å². The summed E-state index contributed by atoms with van der Waals surface area (Å²) in [7, 11) is 1.60. The third-order valence-electron chi connectivity index (χ3n) is 7.15. The third-order valence-corrected chi connectivity index (χ3v) is 9.78. The monoisotopic (exact) mass is 582 g/mol. The first-order chi connectivity index (χ1) is 21.7. The molecular formula is C35H28FN2Se+. The Balaban J connectivity index is 1.61. The van der Waals surface area contributed by atoms with E-state index in [0.717, 1.165) is 64.9 Å². The Kier molecular flexibility index (Phi) is 4.66. The van der Waals surface area contributed by atoms with Crippen LogP contribution in [-0.4, -0.2) is 14.5 Å². The molecule has 0 amide bonds. The number of halogens is 1. The Hall–Kier alpha value is -4.03. The van der Waals surface area contributed by atoms with E-state index in [9.17, 15) is 5.26 Å². The molecule has 0 saturated heterocycles. The van der Waals surface area contributed by atoms with Crippen LogP contribution in [0.2, 0.25) is 0 Å². The first-order valence-corrected chi connectivity index (χ1v) is 14.1. The maximum absolute atomic E-state index is 15.9. The summed E-state index contributed by atoms with van der Waals surface area (Å²) in [6, 6.07) is 29.4. The van der Waals surface area contributed by atoms with Crippen LogP contribution in [0, 0.1) is 24.1 Å². The summed E-state index contributed by atoms with van der Waals surface area (Å²) in [5, 5.41) is 12.1. The predicted molar refractivity (Wildman–Crippen MR) is 159 cm³/mol. The van der Waals surface area contributed by atoms with Crippen LogP contribution >= 0.6 is 0 Å². The molecule has 6 aromatic rings. The van der Waals surface area contributed by atoms with Gasteiger partial charge in [-0.3, -0.25) is 0 Å². The first-order valence-electron chi connectivity index (χ1n) is 15.9. The zero-order valence-corrected chi connectivity index (χ0v) is 23.1. The van der Waals surface area contributed by atoms with Crippen molar-refractivity contribution in [3.63, 3.8) is 0 Å². The molecule has 2 nitrogen and oxygen atoms in total. The van der Waals surface area contributed by atoms with Crippen molar-refractivity contribution in [2.45, 2.75) is 26.5 Å². The molecule has 0 N–H and O–H groups in total. The molecule has 190 valence electrons. The fourth-order valence-electron chi connectivity index (χ4n) is 5.24. The van der Waals surface area contributed by atoms with Gasteiger partial charge in [-0.25, -0.2) is 0 Å². The number of aromatic nitrogens is 1. The molecular weight excluding hydrogens is 546 g/mol. The number of nitrogens with zero attached hydrogens (tertiary/aromatic N) is 2. The third kappa shape index (κ3) is 4.29. The van der Waals surface area contributed by atoms with E-state index in [0.29, 0.717) is 11.3 Å². The molecule has 0 bridgehead atoms. The summed E-state index contributed by atoms with van der Waals surface area (Å²) in [4.78, 5) is 0. The van der Waals surface area contributed by atoms with Gasteiger partial charge in [-0.2, -0.15) is 0 Å². The minimum absolute atomic E-state index is 0.310. The van der Waals surface area contributed by atoms with Gasteiger partial charge in [0.05, 0.1) is 0 Å². The van der Waals surface area contributed by atoms with Crippen molar-refractivity contribution in [3.8, 4) is 39.6 Å². The van der Waals surface area contributed by atoms with Crippen molar-refractivity contribution in [1.82, 2.24) is 0 Å². The van der Waals surface area contributed by atoms with Gasteiger partial charge in [0.15, 0.2) is 0 Å². The summed E-state index contributed by atoms with van der Waals surface area (Å²) in [6.07, 6.45) is 1.12. The number of rotatable bonds is 4. The number of aryl methyl sites for hydroxylation is 2. The molecule has 0 aliphatic carbocycles. The van der Waals surface area contributed by atoms with Crippen molar-refractivity contribution in [3.05, 3.63) is 114 Å². The van der Waals surface area contributed by atoms with Crippen LogP contribution in [0.25, 0.3) is 52.8 Å². The summed E-state index contributed by atoms with van der Waals surface area (Å²) in [6.45, 7) is -4.71. The second-order valence-electron chi connectivity index (χ2n) is 9.57. The molecule has 0 atom stereocenters. The Labute approximate surface area is 244 Å². The van der Waals surface area contributed by atoms with E-state index in [-0.39, 0.29) is 14.5 Å². The molecule has 0 aliphatic heterocycles. The van der Waals surface area contributed by atoms with Crippen molar-refractivity contribution in [1.29, 1.82) is 5.26 Å². The standard InChI is InChI=1S/C35H28FN2Se/c1-21(2)29-20-38(4)31(18-30(29)36)32-22(3)13-15-27-28-16-14-26(19-37)33(35(28)39-34(27)32)25-12-8-11-24(17-25)23-9-6-5-7-10-23/h5-18,20-21H,1-4H3/q+1/i1D3,2D3,21D. The Morgan fingerprint density at radius 2 is 1.56 bits per heavy atom. The van der Waals surface area contributed by atoms with Crippen LogP contribution in [0.3, 0.4) is 0 Å². The number of hydrogen-bond acceptors (Lipinski definition) is 1. The summed E-state index contributed by atoms with van der Waals surface area (Å²) >= 11 is -0.310. The van der Waals surface area contributed by atoms with E-state index < -0.39 is 31.0 Å². The quantitative estimate of drug-likeness (QED) is 0.152. The molecule has 0 saturated carbocycles. The van der Waals surface area contributed by atoms with Crippen LogP contribution in [0.5, 0.6) is 0 Å². The van der Waals surface area contributed by atoms with E-state index in [1.54, 1.807) is 7.05 Å². The van der Waals surface area contributed by atoms with E-state index >= 15 is 4.39 Å². The van der Waals surface area contributed by atoms with Crippen LogP contribution in [0.4, 0.5) is 4.39 Å². The average Bonchev–Trinajstić information content (AvgIpc) is 3.39. The SMILES string of the molecule is [2H]C([2H])([2H])C([2H])(c1c[n+](C)c(-c2c(C)ccc3c2[se]c2c(-c4cccc(-c5ccccc5)c4)c(C#N)ccc23)cc1F)C([2H])([2H])[2H]. The first kappa shape index (κ1) is 18.3. The Morgan fingerprint density at radius 1 is 0.872 bits per heavy atom. The zero-order valence-electron chi connectivity index (χ0n) is 28.3. The Bertz CT molecular complexity index is 2180. The van der Waals surface area contributed by atoms with Gasteiger partial charge in [-0.15, -0.1) is 0 Å². The van der Waals surface area contributed by atoms with Gasteiger partial charge in [-0.1, -0.05) is 0 Å². The van der Waals surface area contributed by atoms with E-state index in [4.69, 9.17) is 9.60 Å². The zero-order chi connectivity index (χ0) is 33.2. The summed E-state index contributed by atoms with van der Waals surface area (Å²) < 4.78 is 75.1. The Morgan fingerprint density at radius 3 is 2.31 bits per heavy atom. The van der Waals surface area contributed by atoms with Crippen molar-refractivity contribution in [2.75, 3.05) is 0 Å². The van der Waals surface area contributed by atoms with Gasteiger partial charge in [0.25, 0.3) is 0 Å². The van der Waals surface area contributed by atoms with Gasteiger partial charge in [0.2, 0.25) is 0 Å². The molecule has 6 rings (SSSR count). The van der Waals surface area contributed by atoms with Gasteiger partial charge in [0.1, 0.15) is 0 Å². The maximum atomic E-state index is 15.9. The molecule has 0 unspecified atom stereocenters. The minimum atomic E-state index is -3.31. The predicted octanol–water partition coefficient (Wildman–Crippen LogP) is 8.32. The number of nitriles is 1. The number of benzene rings is 4. The van der Waals surface area contributed by atoms with Crippen molar-refractivity contribution in [2.24, 2.45) is 7.05 Å². The van der Waals surface area contributed by atoms with E-state index in [2.05, 4.69) is 12.1 Å². The molecule has 0 radical (unpaired) electrons. The van der Waals surface area contributed by atoms with Crippen LogP contribution in [0.15, 0.2) is 91.1 Å². The van der Waals surface area contributed by atoms with Crippen LogP contribution in [0.1, 0.15) is 45.9 Å². The fourth-order valence-corrected chi connectivity index (χ4v) is 8.34. The van der Waals surface area contributed by atoms with Gasteiger partial charge in [0, 0.05) is 0 Å². The molecule has 0 fully saturated rings. The number of hydrogen-bond donors (Lipinski definition) is 0. The topological polar surface area (TPSA) is 27.7 Å². The molecule has 2 aromatic heterocycles. The number of pyridine rings is 1. The normalized spacial score (nSPS) is 15.0. The molecule has 4 aromatic carbocycles. The van der Waals surface area contributed by atoms with Crippen LogP contribution in [-0.2, 0) is 7.05 Å². The molecule has 2 heterocycles. The van der Waals surface area contributed by atoms with Gasteiger partial charge < -0.3 is 0 Å².